The molecule has 5 nitrogen and oxygen atoms in total. The quantitative estimate of drug-likeness (QED) is 0.186. The number of hydrogen-bond donors (Lipinski definition) is 1. The monoisotopic (exact) mass is 557 g/mol. The lowest BCUT2D eigenvalue weighted by atomic mass is 9.84. The summed E-state index contributed by atoms with van der Waals surface area (Å²) in [5.41, 5.74) is 3.73. The Morgan fingerprint density at radius 3 is 2.10 bits per heavy atom. The normalized spacial score (nSPS) is 17.3. The molecule has 1 amide bonds. The van der Waals surface area contributed by atoms with E-state index in [2.05, 4.69) is 41.5 Å². The Balaban J connectivity index is 1.83. The summed E-state index contributed by atoms with van der Waals surface area (Å²) in [5, 5.41) is 11.7. The van der Waals surface area contributed by atoms with Crippen molar-refractivity contribution < 1.29 is 23.8 Å². The van der Waals surface area contributed by atoms with Crippen LogP contribution in [-0.2, 0) is 26.8 Å². The van der Waals surface area contributed by atoms with E-state index >= 15 is 0 Å². The number of ether oxygens (including phenoxy) is 1. The zero-order chi connectivity index (χ0) is 30.1. The first-order valence-corrected chi connectivity index (χ1v) is 14.1. The molecule has 0 bridgehead atoms. The molecule has 6 heteroatoms. The highest BCUT2D eigenvalue weighted by Gasteiger charge is 2.46. The van der Waals surface area contributed by atoms with Gasteiger partial charge in [-0.2, -0.15) is 0 Å². The minimum atomic E-state index is -0.769. The molecule has 1 heterocycles. The highest BCUT2D eigenvalue weighted by molar-refractivity contribution is 6.46. The Labute approximate surface area is 242 Å². The van der Waals surface area contributed by atoms with E-state index in [0.717, 1.165) is 22.3 Å². The second kappa shape index (κ2) is 11.5. The number of rotatable bonds is 7. The van der Waals surface area contributed by atoms with Gasteiger partial charge < -0.3 is 14.7 Å². The third-order valence-electron chi connectivity index (χ3n) is 7.55. The number of ketones is 1. The van der Waals surface area contributed by atoms with Crippen molar-refractivity contribution in [1.82, 2.24) is 4.90 Å². The molecule has 216 valence electrons. The summed E-state index contributed by atoms with van der Waals surface area (Å²) in [7, 11) is 0. The first-order chi connectivity index (χ1) is 19.2. The zero-order valence-electron chi connectivity index (χ0n) is 25.0. The smallest absolute Gasteiger partial charge is 0.295 e. The van der Waals surface area contributed by atoms with Crippen LogP contribution >= 0.6 is 0 Å². The first kappa shape index (κ1) is 30.0. The number of Topliss-reactive ketones (excluding diaryl/α,β-unsaturated/α-hetero) is 1. The van der Waals surface area contributed by atoms with E-state index in [1.165, 1.54) is 17.0 Å². The van der Waals surface area contributed by atoms with Crippen molar-refractivity contribution in [2.45, 2.75) is 71.8 Å². The summed E-state index contributed by atoms with van der Waals surface area (Å²) in [5.74, 6) is -1.23. The Kier molecular flexibility index (Phi) is 8.44. The molecule has 0 radical (unpaired) electrons. The number of amides is 1. The van der Waals surface area contributed by atoms with Crippen molar-refractivity contribution in [2.75, 3.05) is 13.2 Å². The summed E-state index contributed by atoms with van der Waals surface area (Å²) in [6.45, 7) is 15.2. The van der Waals surface area contributed by atoms with Crippen molar-refractivity contribution in [3.8, 4) is 5.75 Å². The van der Waals surface area contributed by atoms with Gasteiger partial charge in [0, 0.05) is 17.7 Å². The lowest BCUT2D eigenvalue weighted by Gasteiger charge is -2.27. The third-order valence-corrected chi connectivity index (χ3v) is 7.55. The predicted molar refractivity (Wildman–Crippen MR) is 161 cm³/mol. The number of benzene rings is 3. The number of carbonyl (C=O) groups excluding carboxylic acids is 2. The largest absolute Gasteiger partial charge is 0.507 e. The third kappa shape index (κ3) is 6.37. The van der Waals surface area contributed by atoms with Gasteiger partial charge in [-0.15, -0.1) is 0 Å². The van der Waals surface area contributed by atoms with Crippen LogP contribution in [0.1, 0.15) is 82.3 Å². The fourth-order valence-corrected chi connectivity index (χ4v) is 5.22. The van der Waals surface area contributed by atoms with Gasteiger partial charge in [-0.05, 0) is 71.2 Å². The van der Waals surface area contributed by atoms with Crippen LogP contribution in [0.3, 0.4) is 0 Å². The minimum Gasteiger partial charge on any atom is -0.507 e. The first-order valence-electron chi connectivity index (χ1n) is 14.1. The van der Waals surface area contributed by atoms with E-state index in [4.69, 9.17) is 4.74 Å². The molecule has 3 aromatic rings. The fourth-order valence-electron chi connectivity index (χ4n) is 5.22. The molecule has 1 saturated heterocycles. The van der Waals surface area contributed by atoms with Crippen LogP contribution in [0.25, 0.3) is 5.76 Å². The average Bonchev–Trinajstić information content (AvgIpc) is 3.16. The predicted octanol–water partition coefficient (Wildman–Crippen LogP) is 7.48. The average molecular weight is 558 g/mol. The van der Waals surface area contributed by atoms with Crippen molar-refractivity contribution in [2.24, 2.45) is 0 Å². The molecular weight excluding hydrogens is 517 g/mol. The molecule has 1 aliphatic heterocycles. The van der Waals surface area contributed by atoms with Crippen LogP contribution in [0.5, 0.6) is 5.75 Å². The molecule has 1 aliphatic rings. The van der Waals surface area contributed by atoms with Crippen molar-refractivity contribution in [1.29, 1.82) is 0 Å². The van der Waals surface area contributed by atoms with Gasteiger partial charge in [-0.25, -0.2) is 4.39 Å². The lowest BCUT2D eigenvalue weighted by Crippen LogP contribution is -2.31. The SMILES string of the molecule is CCOc1ccc(/C(O)=C2/C(=O)C(=O)N(CCc3ccc(F)cc3)C2c2ccc(C(C)(C)C)cc2)cc1C(C)(C)C. The number of likely N-dealkylation sites (tertiary alicyclic amines) is 1. The molecule has 0 aliphatic carbocycles. The molecule has 1 unspecified atom stereocenters. The molecule has 41 heavy (non-hydrogen) atoms. The van der Waals surface area contributed by atoms with Gasteiger partial charge in [0.25, 0.3) is 11.7 Å². The van der Waals surface area contributed by atoms with Crippen LogP contribution in [0, 0.1) is 5.82 Å². The van der Waals surface area contributed by atoms with Crippen molar-refractivity contribution in [3.63, 3.8) is 0 Å². The summed E-state index contributed by atoms with van der Waals surface area (Å²) < 4.78 is 19.3. The Bertz CT molecular complexity index is 1460. The number of halogens is 1. The van der Waals surface area contributed by atoms with Crippen LogP contribution in [-0.4, -0.2) is 34.8 Å². The maximum atomic E-state index is 13.6. The van der Waals surface area contributed by atoms with Crippen LogP contribution in [0.15, 0.2) is 72.3 Å². The number of nitrogens with zero attached hydrogens (tertiary/aromatic N) is 1. The topological polar surface area (TPSA) is 66.8 Å². The van der Waals surface area contributed by atoms with Gasteiger partial charge in [0.1, 0.15) is 17.3 Å². The lowest BCUT2D eigenvalue weighted by molar-refractivity contribution is -0.139. The summed E-state index contributed by atoms with van der Waals surface area (Å²) >= 11 is 0. The van der Waals surface area contributed by atoms with E-state index in [1.54, 1.807) is 24.3 Å². The Morgan fingerprint density at radius 1 is 0.902 bits per heavy atom. The molecule has 0 saturated carbocycles. The summed E-state index contributed by atoms with van der Waals surface area (Å²) in [6.07, 6.45) is 0.432. The molecule has 4 rings (SSSR count). The van der Waals surface area contributed by atoms with E-state index < -0.39 is 17.7 Å². The van der Waals surface area contributed by atoms with Gasteiger partial charge >= 0.3 is 0 Å². The van der Waals surface area contributed by atoms with Gasteiger partial charge in [0.2, 0.25) is 0 Å². The highest BCUT2D eigenvalue weighted by atomic mass is 19.1. The summed E-state index contributed by atoms with van der Waals surface area (Å²) in [6, 6.07) is 18.6. The number of carbonyl (C=O) groups is 2. The molecule has 1 fully saturated rings. The van der Waals surface area contributed by atoms with Crippen LogP contribution < -0.4 is 4.74 Å². The Morgan fingerprint density at radius 2 is 1.54 bits per heavy atom. The molecule has 1 N–H and O–H groups in total. The maximum absolute atomic E-state index is 13.6. The van der Waals surface area contributed by atoms with E-state index in [0.29, 0.717) is 24.3 Å². The minimum absolute atomic E-state index is 0.0571. The molecule has 0 aromatic heterocycles. The highest BCUT2D eigenvalue weighted by Crippen LogP contribution is 2.41. The van der Waals surface area contributed by atoms with Gasteiger partial charge in [-0.3, -0.25) is 9.59 Å². The van der Waals surface area contributed by atoms with Gasteiger partial charge in [-0.1, -0.05) is 77.9 Å². The Hall–Kier alpha value is -3.93. The van der Waals surface area contributed by atoms with Gasteiger partial charge in [0.05, 0.1) is 18.2 Å². The number of hydrogen-bond acceptors (Lipinski definition) is 4. The zero-order valence-corrected chi connectivity index (χ0v) is 25.0. The molecular formula is C35H40FNO4. The van der Waals surface area contributed by atoms with Crippen LogP contribution in [0.2, 0.25) is 0 Å². The number of aliphatic hydroxyl groups excluding tert-OH is 1. The molecule has 1 atom stereocenters. The van der Waals surface area contributed by atoms with E-state index in [-0.39, 0.29) is 34.5 Å². The summed E-state index contributed by atoms with van der Waals surface area (Å²) in [4.78, 5) is 28.5. The van der Waals surface area contributed by atoms with Crippen molar-refractivity contribution in [3.05, 3.63) is 106 Å². The van der Waals surface area contributed by atoms with Gasteiger partial charge in [0.15, 0.2) is 0 Å². The molecule has 0 spiro atoms. The molecule has 3 aromatic carbocycles. The number of aliphatic hydroxyl groups is 1. The maximum Gasteiger partial charge on any atom is 0.295 e. The van der Waals surface area contributed by atoms with Crippen LogP contribution in [0.4, 0.5) is 4.39 Å². The fraction of sp³-hybridized carbons (Fsp3) is 0.371. The standard InChI is InChI=1S/C35H40FNO4/c1-8-41-28-18-13-24(21-27(28)35(5,6)7)31(38)29-30(23-11-14-25(15-12-23)34(2,3)4)37(33(40)32(29)39)20-19-22-9-16-26(36)17-10-22/h9-18,21,30,38H,8,19-20H2,1-7H3/b31-29-. The van der Waals surface area contributed by atoms with E-state index in [9.17, 15) is 19.1 Å². The van der Waals surface area contributed by atoms with Crippen molar-refractivity contribution >= 4 is 17.4 Å². The second-order valence-corrected chi connectivity index (χ2v) is 12.6. The second-order valence-electron chi connectivity index (χ2n) is 12.6. The van der Waals surface area contributed by atoms with E-state index in [1.807, 2.05) is 37.3 Å².